The molecule has 0 aliphatic carbocycles. The van der Waals surface area contributed by atoms with E-state index in [2.05, 4.69) is 11.9 Å². The highest BCUT2D eigenvalue weighted by atomic mass is 16.6. The fourth-order valence-electron chi connectivity index (χ4n) is 0.922. The monoisotopic (exact) mass is 141 g/mol. The highest BCUT2D eigenvalue weighted by Gasteiger charge is 2.23. The zero-order chi connectivity index (χ0) is 7.56. The van der Waals surface area contributed by atoms with Crippen molar-refractivity contribution in [3.8, 4) is 0 Å². The summed E-state index contributed by atoms with van der Waals surface area (Å²) >= 11 is 0. The lowest BCUT2D eigenvalue weighted by Gasteiger charge is -2.26. The lowest BCUT2D eigenvalue weighted by Crippen LogP contribution is -2.45. The molecule has 0 spiro atoms. The van der Waals surface area contributed by atoms with Crippen LogP contribution in [0.4, 0.5) is 4.79 Å². The van der Waals surface area contributed by atoms with Crippen LogP contribution < -0.4 is 5.32 Å². The molecule has 1 amide bonds. The summed E-state index contributed by atoms with van der Waals surface area (Å²) in [5, 5.41) is 2.64. The van der Waals surface area contributed by atoms with Crippen molar-refractivity contribution in [3.05, 3.63) is 12.7 Å². The second-order valence-corrected chi connectivity index (χ2v) is 2.48. The maximum atomic E-state index is 10.6. The van der Waals surface area contributed by atoms with Gasteiger partial charge in [0, 0.05) is 5.92 Å². The Labute approximate surface area is 60.1 Å². The summed E-state index contributed by atoms with van der Waals surface area (Å²) in [6.45, 7) is 6.09. The lowest BCUT2D eigenvalue weighted by molar-refractivity contribution is 0.0957. The Morgan fingerprint density at radius 2 is 2.60 bits per heavy atom. The molecule has 1 rings (SSSR count). The van der Waals surface area contributed by atoms with Crippen molar-refractivity contribution in [3.63, 3.8) is 0 Å². The van der Waals surface area contributed by atoms with Crippen LogP contribution in [0.15, 0.2) is 12.7 Å². The average Bonchev–Trinajstić information content (AvgIpc) is 1.94. The third kappa shape index (κ3) is 1.29. The van der Waals surface area contributed by atoms with Crippen LogP contribution >= 0.6 is 0 Å². The lowest BCUT2D eigenvalue weighted by atomic mass is 10.0. The standard InChI is InChI=1S/C7H11NO2/c1-3-6-5(2)4-10-7(9)8-6/h3,5-6H,1,4H2,2H3,(H,8,9). The van der Waals surface area contributed by atoms with Crippen LogP contribution in [0.2, 0.25) is 0 Å². The number of alkyl carbamates (subject to hydrolysis) is 1. The van der Waals surface area contributed by atoms with Crippen molar-refractivity contribution in [1.82, 2.24) is 5.32 Å². The molecular weight excluding hydrogens is 130 g/mol. The van der Waals surface area contributed by atoms with E-state index in [1.165, 1.54) is 0 Å². The molecule has 1 aliphatic heterocycles. The van der Waals surface area contributed by atoms with Crippen molar-refractivity contribution in [2.75, 3.05) is 6.61 Å². The highest BCUT2D eigenvalue weighted by molar-refractivity contribution is 5.68. The molecule has 0 bridgehead atoms. The quantitative estimate of drug-likeness (QED) is 0.551. The van der Waals surface area contributed by atoms with Crippen LogP contribution in [-0.2, 0) is 4.74 Å². The molecule has 1 saturated heterocycles. The average molecular weight is 141 g/mol. The molecule has 0 saturated carbocycles. The Hall–Kier alpha value is -0.990. The molecule has 2 unspecified atom stereocenters. The summed E-state index contributed by atoms with van der Waals surface area (Å²) in [5.41, 5.74) is 0. The van der Waals surface area contributed by atoms with Gasteiger partial charge in [-0.1, -0.05) is 13.0 Å². The number of amides is 1. The second kappa shape index (κ2) is 2.73. The van der Waals surface area contributed by atoms with Gasteiger partial charge >= 0.3 is 6.09 Å². The fraction of sp³-hybridized carbons (Fsp3) is 0.571. The second-order valence-electron chi connectivity index (χ2n) is 2.48. The number of hydrogen-bond donors (Lipinski definition) is 1. The molecule has 0 radical (unpaired) electrons. The number of nitrogens with one attached hydrogen (secondary N) is 1. The molecule has 1 aliphatic rings. The third-order valence-electron chi connectivity index (χ3n) is 1.63. The Morgan fingerprint density at radius 1 is 1.90 bits per heavy atom. The van der Waals surface area contributed by atoms with Gasteiger partial charge in [0.1, 0.15) is 0 Å². The molecule has 0 aromatic rings. The van der Waals surface area contributed by atoms with E-state index in [1.807, 2.05) is 6.92 Å². The number of ether oxygens (including phenoxy) is 1. The Kier molecular flexibility index (Phi) is 1.94. The summed E-state index contributed by atoms with van der Waals surface area (Å²) in [6.07, 6.45) is 1.38. The summed E-state index contributed by atoms with van der Waals surface area (Å²) < 4.78 is 4.72. The number of carbonyl (C=O) groups is 1. The molecule has 10 heavy (non-hydrogen) atoms. The number of carbonyl (C=O) groups excluding carboxylic acids is 1. The van der Waals surface area contributed by atoms with Crippen LogP contribution in [0.3, 0.4) is 0 Å². The van der Waals surface area contributed by atoms with Gasteiger partial charge in [-0.15, -0.1) is 6.58 Å². The Morgan fingerprint density at radius 3 is 3.10 bits per heavy atom. The Balaban J connectivity index is 2.53. The summed E-state index contributed by atoms with van der Waals surface area (Å²) in [5.74, 6) is 0.329. The number of cyclic esters (lactones) is 1. The minimum atomic E-state index is -0.344. The fourth-order valence-corrected chi connectivity index (χ4v) is 0.922. The van der Waals surface area contributed by atoms with Crippen LogP contribution in [0, 0.1) is 5.92 Å². The molecule has 1 N–H and O–H groups in total. The smallest absolute Gasteiger partial charge is 0.407 e. The first-order valence-electron chi connectivity index (χ1n) is 3.30. The molecule has 0 aromatic carbocycles. The largest absolute Gasteiger partial charge is 0.449 e. The van der Waals surface area contributed by atoms with Crippen molar-refractivity contribution < 1.29 is 9.53 Å². The van der Waals surface area contributed by atoms with E-state index in [9.17, 15) is 4.79 Å². The van der Waals surface area contributed by atoms with Gasteiger partial charge in [0.05, 0.1) is 12.6 Å². The predicted octanol–water partition coefficient (Wildman–Crippen LogP) is 0.917. The first-order valence-corrected chi connectivity index (χ1v) is 3.30. The van der Waals surface area contributed by atoms with Crippen LogP contribution in [0.1, 0.15) is 6.92 Å². The zero-order valence-corrected chi connectivity index (χ0v) is 5.96. The molecular formula is C7H11NO2. The molecule has 0 aromatic heterocycles. The normalized spacial score (nSPS) is 32.3. The van der Waals surface area contributed by atoms with E-state index < -0.39 is 0 Å². The highest BCUT2D eigenvalue weighted by Crippen LogP contribution is 2.09. The maximum absolute atomic E-state index is 10.6. The van der Waals surface area contributed by atoms with Crippen LogP contribution in [0.25, 0.3) is 0 Å². The van der Waals surface area contributed by atoms with Crippen molar-refractivity contribution in [2.45, 2.75) is 13.0 Å². The van der Waals surface area contributed by atoms with E-state index in [0.29, 0.717) is 12.5 Å². The minimum Gasteiger partial charge on any atom is -0.449 e. The molecule has 3 nitrogen and oxygen atoms in total. The molecule has 1 heterocycles. The van der Waals surface area contributed by atoms with E-state index in [-0.39, 0.29) is 12.1 Å². The summed E-state index contributed by atoms with van der Waals surface area (Å²) in [7, 11) is 0. The van der Waals surface area contributed by atoms with Gasteiger partial charge in [0.15, 0.2) is 0 Å². The van der Waals surface area contributed by atoms with Crippen molar-refractivity contribution in [2.24, 2.45) is 5.92 Å². The summed E-state index contributed by atoms with van der Waals surface area (Å²) in [4.78, 5) is 10.6. The van der Waals surface area contributed by atoms with E-state index in [0.717, 1.165) is 0 Å². The van der Waals surface area contributed by atoms with Crippen LogP contribution in [0.5, 0.6) is 0 Å². The minimum absolute atomic E-state index is 0.0706. The topological polar surface area (TPSA) is 38.3 Å². The van der Waals surface area contributed by atoms with Gasteiger partial charge in [-0.25, -0.2) is 4.79 Å². The van der Waals surface area contributed by atoms with E-state index in [1.54, 1.807) is 6.08 Å². The van der Waals surface area contributed by atoms with Gasteiger partial charge in [-0.05, 0) is 0 Å². The van der Waals surface area contributed by atoms with Crippen molar-refractivity contribution >= 4 is 6.09 Å². The van der Waals surface area contributed by atoms with E-state index in [4.69, 9.17) is 4.74 Å². The maximum Gasteiger partial charge on any atom is 0.407 e. The van der Waals surface area contributed by atoms with Crippen LogP contribution in [-0.4, -0.2) is 18.7 Å². The zero-order valence-electron chi connectivity index (χ0n) is 5.96. The van der Waals surface area contributed by atoms with Gasteiger partial charge in [-0.3, -0.25) is 0 Å². The van der Waals surface area contributed by atoms with Gasteiger partial charge in [-0.2, -0.15) is 0 Å². The molecule has 3 heteroatoms. The predicted molar refractivity (Wildman–Crippen MR) is 37.6 cm³/mol. The number of rotatable bonds is 1. The SMILES string of the molecule is C=CC1NC(=O)OCC1C. The van der Waals surface area contributed by atoms with E-state index >= 15 is 0 Å². The third-order valence-corrected chi connectivity index (χ3v) is 1.63. The molecule has 1 fully saturated rings. The van der Waals surface area contributed by atoms with Gasteiger partial charge < -0.3 is 10.1 Å². The number of hydrogen-bond acceptors (Lipinski definition) is 2. The Bertz CT molecular complexity index is 156. The first-order chi connectivity index (χ1) is 4.74. The van der Waals surface area contributed by atoms with Crippen molar-refractivity contribution in [1.29, 1.82) is 0 Å². The van der Waals surface area contributed by atoms with Gasteiger partial charge in [0.2, 0.25) is 0 Å². The molecule has 56 valence electrons. The first kappa shape index (κ1) is 7.12. The molecule has 2 atom stereocenters. The van der Waals surface area contributed by atoms with Gasteiger partial charge in [0.25, 0.3) is 0 Å². The summed E-state index contributed by atoms with van der Waals surface area (Å²) in [6, 6.07) is 0.0706.